The maximum atomic E-state index is 10.7. The Morgan fingerprint density at radius 3 is 2.84 bits per heavy atom. The lowest BCUT2D eigenvalue weighted by atomic mass is 10.1. The number of hydrogen-bond donors (Lipinski definition) is 1. The molecule has 0 spiro atoms. The number of carboxylic acid groups (broad SMARTS) is 1. The van der Waals surface area contributed by atoms with Crippen LogP contribution >= 0.6 is 11.8 Å². The van der Waals surface area contributed by atoms with E-state index in [0.29, 0.717) is 17.6 Å². The van der Waals surface area contributed by atoms with Gasteiger partial charge in [-0.25, -0.2) is 0 Å². The number of carboxylic acids is 1. The summed E-state index contributed by atoms with van der Waals surface area (Å²) in [7, 11) is 0. The lowest BCUT2D eigenvalue weighted by Crippen LogP contribution is -2.11. The van der Waals surface area contributed by atoms with Crippen LogP contribution in [0.3, 0.4) is 0 Å². The molecular formula is C13H20N2O3S. The van der Waals surface area contributed by atoms with Crippen LogP contribution in [-0.4, -0.2) is 27.0 Å². The predicted molar refractivity (Wildman–Crippen MR) is 72.9 cm³/mol. The zero-order valence-corrected chi connectivity index (χ0v) is 12.2. The van der Waals surface area contributed by atoms with Crippen molar-refractivity contribution in [2.24, 2.45) is 11.3 Å². The van der Waals surface area contributed by atoms with Crippen molar-refractivity contribution in [3.63, 3.8) is 0 Å². The van der Waals surface area contributed by atoms with Crippen LogP contribution in [0.5, 0.6) is 0 Å². The molecule has 0 amide bonds. The molecule has 1 saturated carbocycles. The summed E-state index contributed by atoms with van der Waals surface area (Å²) in [6.07, 6.45) is 3.16. The van der Waals surface area contributed by atoms with E-state index in [9.17, 15) is 4.79 Å². The van der Waals surface area contributed by atoms with E-state index < -0.39 is 5.97 Å². The third-order valence-corrected chi connectivity index (χ3v) is 4.49. The monoisotopic (exact) mass is 284 g/mol. The van der Waals surface area contributed by atoms with E-state index in [0.717, 1.165) is 30.8 Å². The summed E-state index contributed by atoms with van der Waals surface area (Å²) in [5, 5.41) is 12.8. The first-order chi connectivity index (χ1) is 8.99. The Kier molecular flexibility index (Phi) is 4.50. The molecule has 1 aromatic rings. The zero-order valence-electron chi connectivity index (χ0n) is 11.4. The van der Waals surface area contributed by atoms with Crippen molar-refractivity contribution in [2.75, 3.05) is 5.75 Å². The number of nitrogens with zero attached hydrogens (tertiary/aromatic N) is 2. The molecule has 0 unspecified atom stereocenters. The molecule has 0 aliphatic heterocycles. The number of aliphatic carboxylic acids is 1. The van der Waals surface area contributed by atoms with Gasteiger partial charge in [-0.2, -0.15) is 16.7 Å². The van der Waals surface area contributed by atoms with Gasteiger partial charge in [-0.1, -0.05) is 19.0 Å². The fraction of sp³-hybridized carbons (Fsp3) is 0.769. The van der Waals surface area contributed by atoms with E-state index in [4.69, 9.17) is 9.63 Å². The van der Waals surface area contributed by atoms with Gasteiger partial charge in [0.05, 0.1) is 12.2 Å². The molecule has 1 N–H and O–H groups in total. The van der Waals surface area contributed by atoms with E-state index in [1.807, 2.05) is 0 Å². The molecule has 1 aromatic heterocycles. The second kappa shape index (κ2) is 5.94. The van der Waals surface area contributed by atoms with Gasteiger partial charge in [0.1, 0.15) is 0 Å². The first-order valence-corrected chi connectivity index (χ1v) is 7.76. The summed E-state index contributed by atoms with van der Waals surface area (Å²) in [6.45, 7) is 4.24. The van der Waals surface area contributed by atoms with E-state index in [1.54, 1.807) is 11.8 Å². The van der Waals surface area contributed by atoms with Gasteiger partial charge in [0, 0.05) is 6.42 Å². The number of carbonyl (C=O) groups is 1. The standard InChI is InChI=1S/C13H20N2O3S/c1-9(2)5-10-14-11(18-15-10)7-19-8-13(3-4-13)6-12(16)17/h9H,3-8H2,1-2H3,(H,16,17). The normalized spacial score (nSPS) is 16.8. The molecule has 0 saturated heterocycles. The molecule has 2 rings (SSSR count). The fourth-order valence-corrected chi connectivity index (χ4v) is 3.24. The summed E-state index contributed by atoms with van der Waals surface area (Å²) in [6, 6.07) is 0. The first-order valence-electron chi connectivity index (χ1n) is 6.60. The SMILES string of the molecule is CC(C)Cc1noc(CSCC2(CC(=O)O)CC2)n1. The molecule has 1 aliphatic carbocycles. The van der Waals surface area contributed by atoms with Crippen molar-refractivity contribution < 1.29 is 14.4 Å². The minimum atomic E-state index is -0.699. The highest BCUT2D eigenvalue weighted by Crippen LogP contribution is 2.51. The molecule has 6 heteroatoms. The van der Waals surface area contributed by atoms with Crippen LogP contribution in [0.1, 0.15) is 44.8 Å². The van der Waals surface area contributed by atoms with Crippen LogP contribution < -0.4 is 0 Å². The average molecular weight is 284 g/mol. The molecule has 1 aliphatic rings. The van der Waals surface area contributed by atoms with Crippen molar-refractivity contribution >= 4 is 17.7 Å². The summed E-state index contributed by atoms with van der Waals surface area (Å²) >= 11 is 1.69. The van der Waals surface area contributed by atoms with Crippen LogP contribution in [0.15, 0.2) is 4.52 Å². The Labute approximate surface area is 117 Å². The number of thioether (sulfide) groups is 1. The van der Waals surface area contributed by atoms with Crippen molar-refractivity contribution in [3.8, 4) is 0 Å². The van der Waals surface area contributed by atoms with Gasteiger partial charge < -0.3 is 9.63 Å². The second-order valence-electron chi connectivity index (χ2n) is 5.77. The van der Waals surface area contributed by atoms with E-state index in [1.165, 1.54) is 0 Å². The quantitative estimate of drug-likeness (QED) is 0.791. The van der Waals surface area contributed by atoms with Crippen molar-refractivity contribution in [3.05, 3.63) is 11.7 Å². The minimum absolute atomic E-state index is 0.0251. The molecule has 0 aromatic carbocycles. The summed E-state index contributed by atoms with van der Waals surface area (Å²) in [5.74, 6) is 2.76. The fourth-order valence-electron chi connectivity index (χ4n) is 2.02. The Hall–Kier alpha value is -1.04. The van der Waals surface area contributed by atoms with Crippen LogP contribution in [0.25, 0.3) is 0 Å². The molecule has 0 radical (unpaired) electrons. The van der Waals surface area contributed by atoms with E-state index in [2.05, 4.69) is 24.0 Å². The van der Waals surface area contributed by atoms with Crippen molar-refractivity contribution in [2.45, 2.75) is 45.3 Å². The molecule has 19 heavy (non-hydrogen) atoms. The Balaban J connectivity index is 1.74. The molecule has 5 nitrogen and oxygen atoms in total. The van der Waals surface area contributed by atoms with Crippen LogP contribution in [0.4, 0.5) is 0 Å². The van der Waals surface area contributed by atoms with Gasteiger partial charge in [0.2, 0.25) is 5.89 Å². The van der Waals surface area contributed by atoms with Gasteiger partial charge in [0.25, 0.3) is 0 Å². The highest BCUT2D eigenvalue weighted by molar-refractivity contribution is 7.98. The van der Waals surface area contributed by atoms with E-state index >= 15 is 0 Å². The Morgan fingerprint density at radius 2 is 2.26 bits per heavy atom. The Morgan fingerprint density at radius 1 is 1.53 bits per heavy atom. The number of aromatic nitrogens is 2. The maximum Gasteiger partial charge on any atom is 0.303 e. The van der Waals surface area contributed by atoms with Crippen LogP contribution in [-0.2, 0) is 17.0 Å². The summed E-state index contributed by atoms with van der Waals surface area (Å²) < 4.78 is 5.18. The van der Waals surface area contributed by atoms with Gasteiger partial charge >= 0.3 is 5.97 Å². The van der Waals surface area contributed by atoms with Gasteiger partial charge in [-0.3, -0.25) is 4.79 Å². The summed E-state index contributed by atoms with van der Waals surface area (Å²) in [5.41, 5.74) is 0.0251. The van der Waals surface area contributed by atoms with Gasteiger partial charge in [-0.05, 0) is 29.9 Å². The van der Waals surface area contributed by atoms with Crippen molar-refractivity contribution in [1.82, 2.24) is 10.1 Å². The van der Waals surface area contributed by atoms with E-state index in [-0.39, 0.29) is 11.8 Å². The lowest BCUT2D eigenvalue weighted by Gasteiger charge is -2.10. The molecule has 106 valence electrons. The minimum Gasteiger partial charge on any atom is -0.481 e. The first kappa shape index (κ1) is 14.4. The summed E-state index contributed by atoms with van der Waals surface area (Å²) in [4.78, 5) is 15.1. The number of rotatable bonds is 8. The van der Waals surface area contributed by atoms with Crippen LogP contribution in [0.2, 0.25) is 0 Å². The molecule has 0 bridgehead atoms. The highest BCUT2D eigenvalue weighted by Gasteiger charge is 2.44. The zero-order chi connectivity index (χ0) is 13.9. The Bertz CT molecular complexity index is 441. The topological polar surface area (TPSA) is 76.2 Å². The molecular weight excluding hydrogens is 264 g/mol. The highest BCUT2D eigenvalue weighted by atomic mass is 32.2. The third-order valence-electron chi connectivity index (χ3n) is 3.22. The van der Waals surface area contributed by atoms with Gasteiger partial charge in [0.15, 0.2) is 5.82 Å². The molecule has 1 fully saturated rings. The smallest absolute Gasteiger partial charge is 0.303 e. The largest absolute Gasteiger partial charge is 0.481 e. The van der Waals surface area contributed by atoms with Crippen LogP contribution in [0, 0.1) is 11.3 Å². The predicted octanol–water partition coefficient (Wildman–Crippen LogP) is 2.76. The average Bonchev–Trinajstić information content (AvgIpc) is 2.89. The van der Waals surface area contributed by atoms with Gasteiger partial charge in [-0.15, -0.1) is 0 Å². The molecule has 1 heterocycles. The second-order valence-corrected chi connectivity index (χ2v) is 6.75. The number of hydrogen-bond acceptors (Lipinski definition) is 5. The molecule has 0 atom stereocenters. The third kappa shape index (κ3) is 4.53. The van der Waals surface area contributed by atoms with Crippen molar-refractivity contribution in [1.29, 1.82) is 0 Å². The maximum absolute atomic E-state index is 10.7. The lowest BCUT2D eigenvalue weighted by molar-refractivity contribution is -0.138.